The smallest absolute Gasteiger partial charge is 0.312 e. The first-order chi connectivity index (χ1) is 7.54. The van der Waals surface area contributed by atoms with Gasteiger partial charge in [0.2, 0.25) is 5.91 Å². The Balaban J connectivity index is 2.85. The molecule has 0 heterocycles. The first kappa shape index (κ1) is 12.2. The number of carboxylic acids is 1. The molecule has 0 radical (unpaired) electrons. The number of aliphatic carboxylic acids is 1. The van der Waals surface area contributed by atoms with Crippen molar-refractivity contribution in [1.82, 2.24) is 0 Å². The van der Waals surface area contributed by atoms with Crippen molar-refractivity contribution in [2.75, 3.05) is 11.9 Å². The molecule has 0 saturated heterocycles. The van der Waals surface area contributed by atoms with Gasteiger partial charge < -0.3 is 16.2 Å². The molecule has 1 aromatic rings. The van der Waals surface area contributed by atoms with E-state index < -0.39 is 11.9 Å². The molecule has 0 spiro atoms. The van der Waals surface area contributed by atoms with Gasteiger partial charge in [0.15, 0.2) is 0 Å². The molecule has 4 N–H and O–H groups in total. The SMILES string of the molecule is CC(=O)Nc1ccc(C(CN)C(=O)O)cc1. The highest BCUT2D eigenvalue weighted by atomic mass is 16.4. The molecule has 86 valence electrons. The molecular formula is C11H14N2O3. The van der Waals surface area contributed by atoms with E-state index in [1.807, 2.05) is 0 Å². The Labute approximate surface area is 93.3 Å². The summed E-state index contributed by atoms with van der Waals surface area (Å²) in [7, 11) is 0. The van der Waals surface area contributed by atoms with Crippen LogP contribution >= 0.6 is 0 Å². The van der Waals surface area contributed by atoms with Gasteiger partial charge in [-0.15, -0.1) is 0 Å². The van der Waals surface area contributed by atoms with Gasteiger partial charge in [0.1, 0.15) is 0 Å². The summed E-state index contributed by atoms with van der Waals surface area (Å²) in [6, 6.07) is 6.61. The third-order valence-electron chi connectivity index (χ3n) is 2.17. The highest BCUT2D eigenvalue weighted by Gasteiger charge is 2.17. The number of rotatable bonds is 4. The van der Waals surface area contributed by atoms with Crippen LogP contribution in [0.15, 0.2) is 24.3 Å². The van der Waals surface area contributed by atoms with Crippen molar-refractivity contribution >= 4 is 17.6 Å². The first-order valence-electron chi connectivity index (χ1n) is 4.85. The zero-order valence-corrected chi connectivity index (χ0v) is 8.93. The van der Waals surface area contributed by atoms with Gasteiger partial charge in [-0.05, 0) is 17.7 Å². The lowest BCUT2D eigenvalue weighted by molar-refractivity contribution is -0.138. The summed E-state index contributed by atoms with van der Waals surface area (Å²) < 4.78 is 0. The molecule has 16 heavy (non-hydrogen) atoms. The molecule has 0 aliphatic carbocycles. The first-order valence-corrected chi connectivity index (χ1v) is 4.85. The lowest BCUT2D eigenvalue weighted by Crippen LogP contribution is -2.21. The van der Waals surface area contributed by atoms with E-state index in [0.717, 1.165) is 0 Å². The summed E-state index contributed by atoms with van der Waals surface area (Å²) in [5.41, 5.74) is 6.64. The Bertz CT molecular complexity index is 387. The van der Waals surface area contributed by atoms with Crippen molar-refractivity contribution < 1.29 is 14.7 Å². The monoisotopic (exact) mass is 222 g/mol. The van der Waals surface area contributed by atoms with E-state index in [4.69, 9.17) is 10.8 Å². The molecule has 1 unspecified atom stereocenters. The molecule has 0 aromatic heterocycles. The Morgan fingerprint density at radius 2 is 1.94 bits per heavy atom. The molecular weight excluding hydrogens is 208 g/mol. The maximum absolute atomic E-state index is 10.8. The molecule has 1 rings (SSSR count). The molecule has 5 nitrogen and oxygen atoms in total. The fraction of sp³-hybridized carbons (Fsp3) is 0.273. The number of carbonyl (C=O) groups is 2. The van der Waals surface area contributed by atoms with Crippen molar-refractivity contribution in [2.24, 2.45) is 5.73 Å². The van der Waals surface area contributed by atoms with Gasteiger partial charge in [-0.25, -0.2) is 0 Å². The van der Waals surface area contributed by atoms with Gasteiger partial charge in [0, 0.05) is 19.2 Å². The van der Waals surface area contributed by atoms with Crippen molar-refractivity contribution in [3.05, 3.63) is 29.8 Å². The van der Waals surface area contributed by atoms with Crippen LogP contribution in [0.5, 0.6) is 0 Å². The minimum Gasteiger partial charge on any atom is -0.481 e. The van der Waals surface area contributed by atoms with Crippen molar-refractivity contribution in [3.8, 4) is 0 Å². The largest absolute Gasteiger partial charge is 0.481 e. The van der Waals surface area contributed by atoms with E-state index in [-0.39, 0.29) is 12.5 Å². The second-order valence-electron chi connectivity index (χ2n) is 3.43. The Morgan fingerprint density at radius 3 is 2.31 bits per heavy atom. The van der Waals surface area contributed by atoms with E-state index in [1.165, 1.54) is 6.92 Å². The van der Waals surface area contributed by atoms with Gasteiger partial charge in [-0.2, -0.15) is 0 Å². The number of nitrogens with one attached hydrogen (secondary N) is 1. The van der Waals surface area contributed by atoms with Crippen LogP contribution in [0.2, 0.25) is 0 Å². The Morgan fingerprint density at radius 1 is 1.38 bits per heavy atom. The van der Waals surface area contributed by atoms with Crippen molar-refractivity contribution in [2.45, 2.75) is 12.8 Å². The molecule has 1 atom stereocenters. The van der Waals surface area contributed by atoms with Gasteiger partial charge in [-0.1, -0.05) is 12.1 Å². The number of carboxylic acid groups (broad SMARTS) is 1. The molecule has 0 fully saturated rings. The second kappa shape index (κ2) is 5.27. The Kier molecular flexibility index (Phi) is 4.02. The fourth-order valence-corrected chi connectivity index (χ4v) is 1.38. The summed E-state index contributed by atoms with van der Waals surface area (Å²) in [6.45, 7) is 1.46. The molecule has 5 heteroatoms. The average molecular weight is 222 g/mol. The van der Waals surface area contributed by atoms with E-state index >= 15 is 0 Å². The molecule has 1 aromatic carbocycles. The molecule has 1 amide bonds. The second-order valence-corrected chi connectivity index (χ2v) is 3.43. The standard InChI is InChI=1S/C11H14N2O3/c1-7(14)13-9-4-2-8(3-5-9)10(6-12)11(15)16/h2-5,10H,6,12H2,1H3,(H,13,14)(H,15,16). The topological polar surface area (TPSA) is 92.4 Å². The van der Waals surface area contributed by atoms with Gasteiger partial charge >= 0.3 is 5.97 Å². The minimum atomic E-state index is -0.949. The minimum absolute atomic E-state index is 0.0504. The molecule has 0 aliphatic heterocycles. The summed E-state index contributed by atoms with van der Waals surface area (Å²) in [5, 5.41) is 11.5. The lowest BCUT2D eigenvalue weighted by Gasteiger charge is -2.10. The van der Waals surface area contributed by atoms with E-state index in [0.29, 0.717) is 11.3 Å². The summed E-state index contributed by atoms with van der Waals surface area (Å²) in [5.74, 6) is -1.82. The quantitative estimate of drug-likeness (QED) is 0.701. The van der Waals surface area contributed by atoms with Crippen LogP contribution in [0.25, 0.3) is 0 Å². The fourth-order valence-electron chi connectivity index (χ4n) is 1.38. The van der Waals surface area contributed by atoms with Crippen molar-refractivity contribution in [1.29, 1.82) is 0 Å². The number of amides is 1. The highest BCUT2D eigenvalue weighted by Crippen LogP contribution is 2.17. The third-order valence-corrected chi connectivity index (χ3v) is 2.17. The number of hydrogen-bond donors (Lipinski definition) is 3. The highest BCUT2D eigenvalue weighted by molar-refractivity contribution is 5.88. The number of hydrogen-bond acceptors (Lipinski definition) is 3. The van der Waals surface area contributed by atoms with Crippen LogP contribution < -0.4 is 11.1 Å². The number of carbonyl (C=O) groups excluding carboxylic acids is 1. The van der Waals surface area contributed by atoms with Gasteiger partial charge in [0.25, 0.3) is 0 Å². The average Bonchev–Trinajstić information content (AvgIpc) is 2.20. The van der Waals surface area contributed by atoms with Crippen LogP contribution in [0, 0.1) is 0 Å². The number of benzene rings is 1. The summed E-state index contributed by atoms with van der Waals surface area (Å²) >= 11 is 0. The predicted octanol–water partition coefficient (Wildman–Crippen LogP) is 0.772. The zero-order chi connectivity index (χ0) is 12.1. The van der Waals surface area contributed by atoms with Crippen LogP contribution in [-0.4, -0.2) is 23.5 Å². The molecule has 0 bridgehead atoms. The van der Waals surface area contributed by atoms with E-state index in [1.54, 1.807) is 24.3 Å². The maximum atomic E-state index is 10.8. The summed E-state index contributed by atoms with van der Waals surface area (Å²) in [4.78, 5) is 21.6. The predicted molar refractivity (Wildman–Crippen MR) is 60.2 cm³/mol. The van der Waals surface area contributed by atoms with E-state index in [9.17, 15) is 9.59 Å². The van der Waals surface area contributed by atoms with Crippen LogP contribution in [-0.2, 0) is 9.59 Å². The third kappa shape index (κ3) is 3.06. The maximum Gasteiger partial charge on any atom is 0.312 e. The zero-order valence-electron chi connectivity index (χ0n) is 8.93. The molecule has 0 saturated carbocycles. The van der Waals surface area contributed by atoms with Crippen LogP contribution in [0.3, 0.4) is 0 Å². The lowest BCUT2D eigenvalue weighted by atomic mass is 9.99. The van der Waals surface area contributed by atoms with Crippen molar-refractivity contribution in [3.63, 3.8) is 0 Å². The number of nitrogens with two attached hydrogens (primary N) is 1. The van der Waals surface area contributed by atoms with Gasteiger partial charge in [0.05, 0.1) is 5.92 Å². The molecule has 0 aliphatic rings. The summed E-state index contributed by atoms with van der Waals surface area (Å²) in [6.07, 6.45) is 0. The number of anilines is 1. The Hall–Kier alpha value is -1.88. The van der Waals surface area contributed by atoms with Gasteiger partial charge in [-0.3, -0.25) is 9.59 Å². The normalized spacial score (nSPS) is 11.9. The van der Waals surface area contributed by atoms with Crippen LogP contribution in [0.4, 0.5) is 5.69 Å². The van der Waals surface area contributed by atoms with E-state index in [2.05, 4.69) is 5.32 Å². The van der Waals surface area contributed by atoms with Crippen LogP contribution in [0.1, 0.15) is 18.4 Å².